The van der Waals surface area contributed by atoms with Crippen molar-refractivity contribution in [2.75, 3.05) is 26.2 Å². The Morgan fingerprint density at radius 2 is 2.06 bits per heavy atom. The molecule has 1 aliphatic rings. The van der Waals surface area contributed by atoms with Gasteiger partial charge in [-0.15, -0.1) is 0 Å². The molecule has 3 nitrogen and oxygen atoms in total. The first-order chi connectivity index (χ1) is 8.13. The van der Waals surface area contributed by atoms with Crippen molar-refractivity contribution >= 4 is 5.91 Å². The molecular formula is C14H24N2O. The van der Waals surface area contributed by atoms with Crippen molar-refractivity contribution in [2.24, 2.45) is 0 Å². The topological polar surface area (TPSA) is 23.6 Å². The van der Waals surface area contributed by atoms with Crippen LogP contribution in [0, 0.1) is 0 Å². The van der Waals surface area contributed by atoms with E-state index in [1.165, 1.54) is 0 Å². The Morgan fingerprint density at radius 1 is 1.35 bits per heavy atom. The summed E-state index contributed by atoms with van der Waals surface area (Å²) in [5, 5.41) is 0. The lowest BCUT2D eigenvalue weighted by Crippen LogP contribution is -2.53. The fourth-order valence-corrected chi connectivity index (χ4v) is 2.30. The van der Waals surface area contributed by atoms with Gasteiger partial charge in [0.05, 0.1) is 0 Å². The van der Waals surface area contributed by atoms with Crippen molar-refractivity contribution in [3.05, 3.63) is 23.8 Å². The molecule has 1 rings (SSSR count). The van der Waals surface area contributed by atoms with Crippen LogP contribution in [0.3, 0.4) is 0 Å². The first-order valence-corrected chi connectivity index (χ1v) is 6.46. The molecule has 0 aromatic heterocycles. The van der Waals surface area contributed by atoms with Crippen molar-refractivity contribution in [1.29, 1.82) is 0 Å². The molecule has 96 valence electrons. The molecule has 0 saturated carbocycles. The Hall–Kier alpha value is -1.09. The quantitative estimate of drug-likeness (QED) is 0.553. The molecule has 1 saturated heterocycles. The number of nitrogens with zero attached hydrogens (tertiary/aromatic N) is 2. The van der Waals surface area contributed by atoms with Crippen LogP contribution in [0.1, 0.15) is 27.7 Å². The van der Waals surface area contributed by atoms with E-state index in [0.717, 1.165) is 31.8 Å². The minimum atomic E-state index is 0.160. The van der Waals surface area contributed by atoms with Crippen LogP contribution in [0.4, 0.5) is 0 Å². The molecule has 1 atom stereocenters. The van der Waals surface area contributed by atoms with Crippen LogP contribution in [0.15, 0.2) is 23.8 Å². The normalized spacial score (nSPS) is 23.4. The van der Waals surface area contributed by atoms with Gasteiger partial charge in [0, 0.05) is 31.2 Å². The van der Waals surface area contributed by atoms with Gasteiger partial charge in [0.15, 0.2) is 0 Å². The van der Waals surface area contributed by atoms with Crippen molar-refractivity contribution in [2.45, 2.75) is 33.7 Å². The van der Waals surface area contributed by atoms with Gasteiger partial charge in [-0.05, 0) is 27.3 Å². The second-order valence-electron chi connectivity index (χ2n) is 4.47. The first-order valence-electron chi connectivity index (χ1n) is 6.46. The molecule has 0 bridgehead atoms. The number of carbonyl (C=O) groups is 1. The third-order valence-electron chi connectivity index (χ3n) is 3.36. The van der Waals surface area contributed by atoms with Gasteiger partial charge in [0.25, 0.3) is 5.91 Å². The zero-order valence-electron chi connectivity index (χ0n) is 11.4. The monoisotopic (exact) mass is 236 g/mol. The molecule has 1 aliphatic heterocycles. The largest absolute Gasteiger partial charge is 0.336 e. The lowest BCUT2D eigenvalue weighted by Gasteiger charge is -2.39. The van der Waals surface area contributed by atoms with Gasteiger partial charge in [-0.1, -0.05) is 25.2 Å². The lowest BCUT2D eigenvalue weighted by molar-refractivity contribution is -0.129. The summed E-state index contributed by atoms with van der Waals surface area (Å²) < 4.78 is 0. The molecule has 1 amide bonds. The summed E-state index contributed by atoms with van der Waals surface area (Å²) in [6, 6.07) is 0.460. The number of carbonyl (C=O) groups excluding carboxylic acids is 1. The van der Waals surface area contributed by atoms with Crippen LogP contribution in [-0.2, 0) is 4.79 Å². The third-order valence-corrected chi connectivity index (χ3v) is 3.36. The number of amides is 1. The van der Waals surface area contributed by atoms with Gasteiger partial charge < -0.3 is 4.90 Å². The minimum Gasteiger partial charge on any atom is -0.336 e. The Balaban J connectivity index is 2.66. The molecule has 1 heterocycles. The summed E-state index contributed by atoms with van der Waals surface area (Å²) in [6.45, 7) is 11.9. The van der Waals surface area contributed by atoms with Gasteiger partial charge >= 0.3 is 0 Å². The van der Waals surface area contributed by atoms with Gasteiger partial charge in [-0.25, -0.2) is 0 Å². The highest BCUT2D eigenvalue weighted by atomic mass is 16.2. The summed E-state index contributed by atoms with van der Waals surface area (Å²) >= 11 is 0. The van der Waals surface area contributed by atoms with E-state index in [0.29, 0.717) is 6.04 Å². The van der Waals surface area contributed by atoms with Crippen LogP contribution in [0.25, 0.3) is 0 Å². The first kappa shape index (κ1) is 14.0. The summed E-state index contributed by atoms with van der Waals surface area (Å²) in [4.78, 5) is 16.6. The van der Waals surface area contributed by atoms with Gasteiger partial charge in [0.1, 0.15) is 0 Å². The summed E-state index contributed by atoms with van der Waals surface area (Å²) in [5.41, 5.74) is 0.796. The standard InChI is InChI=1S/C14H24N2O/c1-5-8-13(6-2)14(17)16-10-9-15(7-3)12(4)11-16/h5-6,8,12H,7,9-11H2,1-4H3. The average Bonchev–Trinajstić information content (AvgIpc) is 2.35. The number of rotatable bonds is 3. The highest BCUT2D eigenvalue weighted by Gasteiger charge is 2.26. The minimum absolute atomic E-state index is 0.160. The summed E-state index contributed by atoms with van der Waals surface area (Å²) in [5.74, 6) is 0.160. The fraction of sp³-hybridized carbons (Fsp3) is 0.643. The Bertz CT molecular complexity index is 320. The van der Waals surface area contributed by atoms with E-state index in [-0.39, 0.29) is 5.91 Å². The van der Waals surface area contributed by atoms with E-state index >= 15 is 0 Å². The molecule has 0 aliphatic carbocycles. The third kappa shape index (κ3) is 3.43. The van der Waals surface area contributed by atoms with E-state index < -0.39 is 0 Å². The summed E-state index contributed by atoms with van der Waals surface area (Å²) in [7, 11) is 0. The highest BCUT2D eigenvalue weighted by Crippen LogP contribution is 2.12. The Kier molecular flexibility index (Phi) is 5.42. The lowest BCUT2D eigenvalue weighted by atomic mass is 10.1. The van der Waals surface area contributed by atoms with E-state index in [1.54, 1.807) is 0 Å². The zero-order chi connectivity index (χ0) is 12.8. The second-order valence-corrected chi connectivity index (χ2v) is 4.47. The molecule has 0 aromatic carbocycles. The predicted octanol–water partition coefficient (Wildman–Crippen LogP) is 2.06. The number of hydrogen-bond acceptors (Lipinski definition) is 2. The van der Waals surface area contributed by atoms with Gasteiger partial charge in [0.2, 0.25) is 0 Å². The molecule has 1 fully saturated rings. The molecule has 17 heavy (non-hydrogen) atoms. The molecule has 0 aromatic rings. The van der Waals surface area contributed by atoms with Gasteiger partial charge in [-0.3, -0.25) is 9.69 Å². The van der Waals surface area contributed by atoms with Crippen molar-refractivity contribution in [1.82, 2.24) is 9.80 Å². The highest BCUT2D eigenvalue weighted by molar-refractivity contribution is 5.96. The second kappa shape index (κ2) is 6.60. The maximum atomic E-state index is 12.2. The van der Waals surface area contributed by atoms with Crippen molar-refractivity contribution < 1.29 is 4.79 Å². The number of hydrogen-bond donors (Lipinski definition) is 0. The predicted molar refractivity (Wildman–Crippen MR) is 71.9 cm³/mol. The number of likely N-dealkylation sites (N-methyl/N-ethyl adjacent to an activating group) is 1. The summed E-state index contributed by atoms with van der Waals surface area (Å²) in [6.07, 6.45) is 5.69. The molecule has 0 N–H and O–H groups in total. The van der Waals surface area contributed by atoms with E-state index in [9.17, 15) is 4.79 Å². The van der Waals surface area contributed by atoms with Crippen molar-refractivity contribution in [3.63, 3.8) is 0 Å². The van der Waals surface area contributed by atoms with E-state index in [1.807, 2.05) is 37.0 Å². The number of allylic oxidation sites excluding steroid dienone is 2. The Morgan fingerprint density at radius 3 is 2.53 bits per heavy atom. The molecular weight excluding hydrogens is 212 g/mol. The molecule has 3 heteroatoms. The molecule has 0 radical (unpaired) electrons. The SMILES string of the molecule is CC=CC(=CC)C(=O)N1CCN(CC)C(C)C1. The van der Waals surface area contributed by atoms with Crippen LogP contribution in [0.2, 0.25) is 0 Å². The van der Waals surface area contributed by atoms with E-state index in [2.05, 4.69) is 18.7 Å². The average molecular weight is 236 g/mol. The Labute approximate surface area is 105 Å². The van der Waals surface area contributed by atoms with Crippen LogP contribution >= 0.6 is 0 Å². The fourth-order valence-electron chi connectivity index (χ4n) is 2.30. The molecule has 1 unspecified atom stereocenters. The maximum Gasteiger partial charge on any atom is 0.253 e. The zero-order valence-corrected chi connectivity index (χ0v) is 11.4. The molecule has 0 spiro atoms. The van der Waals surface area contributed by atoms with Crippen LogP contribution in [0.5, 0.6) is 0 Å². The van der Waals surface area contributed by atoms with Crippen molar-refractivity contribution in [3.8, 4) is 0 Å². The number of piperazine rings is 1. The maximum absolute atomic E-state index is 12.2. The van der Waals surface area contributed by atoms with Crippen LogP contribution < -0.4 is 0 Å². The van der Waals surface area contributed by atoms with Crippen LogP contribution in [-0.4, -0.2) is 47.9 Å². The smallest absolute Gasteiger partial charge is 0.253 e. The van der Waals surface area contributed by atoms with E-state index in [4.69, 9.17) is 0 Å². The van der Waals surface area contributed by atoms with Gasteiger partial charge in [-0.2, -0.15) is 0 Å².